The molecule has 1 N–H and O–H groups in total. The highest BCUT2D eigenvalue weighted by molar-refractivity contribution is 8.01. The van der Waals surface area contributed by atoms with Crippen LogP contribution in [0.1, 0.15) is 19.8 Å². The second-order valence-corrected chi connectivity index (χ2v) is 8.33. The third kappa shape index (κ3) is 3.59. The number of amides is 2. The number of fused-ring (bicyclic) bond motifs is 1. The number of rotatable bonds is 4. The van der Waals surface area contributed by atoms with Gasteiger partial charge in [-0.05, 0) is 25.5 Å². The zero-order chi connectivity index (χ0) is 18.2. The lowest BCUT2D eigenvalue weighted by molar-refractivity contribution is -0.155. The number of thioether (sulfide) groups is 1. The topological polar surface area (TPSA) is 75.7 Å². The Labute approximate surface area is 159 Å². The fraction of sp³-hybridized carbons (Fsp3) is 0.438. The average molecular weight is 403 g/mol. The van der Waals surface area contributed by atoms with Gasteiger partial charge in [0.15, 0.2) is 6.61 Å². The first-order valence-corrected chi connectivity index (χ1v) is 9.42. The van der Waals surface area contributed by atoms with Gasteiger partial charge in [-0.1, -0.05) is 29.3 Å². The van der Waals surface area contributed by atoms with Crippen LogP contribution in [0.3, 0.4) is 0 Å². The number of nitrogens with one attached hydrogen (secondary N) is 1. The molecule has 25 heavy (non-hydrogen) atoms. The van der Waals surface area contributed by atoms with E-state index in [4.69, 9.17) is 27.9 Å². The summed E-state index contributed by atoms with van der Waals surface area (Å²) in [6, 6.07) is 4.18. The minimum absolute atomic E-state index is 0.0539. The Morgan fingerprint density at radius 1 is 1.40 bits per heavy atom. The molecule has 2 fully saturated rings. The van der Waals surface area contributed by atoms with Crippen molar-refractivity contribution in [3.63, 3.8) is 0 Å². The van der Waals surface area contributed by atoms with Gasteiger partial charge in [-0.25, -0.2) is 4.79 Å². The summed E-state index contributed by atoms with van der Waals surface area (Å²) < 4.78 is 5.10. The van der Waals surface area contributed by atoms with Crippen molar-refractivity contribution in [3.05, 3.63) is 28.2 Å². The van der Waals surface area contributed by atoms with E-state index in [0.717, 1.165) is 0 Å². The minimum atomic E-state index is -0.651. The van der Waals surface area contributed by atoms with Gasteiger partial charge < -0.3 is 15.0 Å². The molecule has 2 amide bonds. The van der Waals surface area contributed by atoms with Crippen molar-refractivity contribution < 1.29 is 19.1 Å². The Hall–Kier alpha value is -1.44. The van der Waals surface area contributed by atoms with Crippen LogP contribution < -0.4 is 5.32 Å². The van der Waals surface area contributed by atoms with Crippen LogP contribution in [-0.2, 0) is 19.1 Å². The zero-order valence-electron chi connectivity index (χ0n) is 13.4. The fourth-order valence-corrected chi connectivity index (χ4v) is 4.93. The summed E-state index contributed by atoms with van der Waals surface area (Å²) in [5.74, 6) is -0.711. The van der Waals surface area contributed by atoms with Gasteiger partial charge >= 0.3 is 5.97 Å². The van der Waals surface area contributed by atoms with Crippen LogP contribution in [0.2, 0.25) is 10.0 Å². The number of para-hydroxylation sites is 1. The Morgan fingerprint density at radius 3 is 2.76 bits per heavy atom. The van der Waals surface area contributed by atoms with Crippen molar-refractivity contribution in [2.24, 2.45) is 0 Å². The largest absolute Gasteiger partial charge is 0.454 e. The van der Waals surface area contributed by atoms with E-state index in [1.54, 1.807) is 34.9 Å². The Kier molecular flexibility index (Phi) is 5.18. The summed E-state index contributed by atoms with van der Waals surface area (Å²) in [6.07, 6.45) is 1.14. The number of esters is 1. The molecule has 0 unspecified atom stereocenters. The number of nitrogens with zero attached hydrogens (tertiary/aromatic N) is 1. The summed E-state index contributed by atoms with van der Waals surface area (Å²) in [5.41, 5.74) is 0.269. The number of anilines is 1. The summed E-state index contributed by atoms with van der Waals surface area (Å²) in [4.78, 5) is 37.6. The maximum atomic E-state index is 12.3. The molecule has 1 aromatic carbocycles. The van der Waals surface area contributed by atoms with Crippen molar-refractivity contribution in [2.45, 2.75) is 30.7 Å². The molecular weight excluding hydrogens is 387 g/mol. The van der Waals surface area contributed by atoms with E-state index >= 15 is 0 Å². The van der Waals surface area contributed by atoms with Gasteiger partial charge in [0.2, 0.25) is 5.91 Å². The Bertz CT molecular complexity index is 725. The van der Waals surface area contributed by atoms with Crippen LogP contribution in [0, 0.1) is 0 Å². The van der Waals surface area contributed by atoms with Crippen LogP contribution in [-0.4, -0.2) is 46.0 Å². The smallest absolute Gasteiger partial charge is 0.330 e. The van der Waals surface area contributed by atoms with E-state index in [9.17, 15) is 14.4 Å². The van der Waals surface area contributed by atoms with Crippen LogP contribution in [0.5, 0.6) is 0 Å². The second kappa shape index (κ2) is 7.05. The summed E-state index contributed by atoms with van der Waals surface area (Å²) in [7, 11) is 0. The molecule has 134 valence electrons. The molecule has 0 aliphatic carbocycles. The van der Waals surface area contributed by atoms with Crippen LogP contribution >= 0.6 is 35.0 Å². The van der Waals surface area contributed by atoms with E-state index in [1.807, 2.05) is 6.92 Å². The summed E-state index contributed by atoms with van der Waals surface area (Å²) >= 11 is 13.5. The maximum Gasteiger partial charge on any atom is 0.330 e. The lowest BCUT2D eigenvalue weighted by Crippen LogP contribution is -2.47. The molecule has 0 radical (unpaired) electrons. The summed E-state index contributed by atoms with van der Waals surface area (Å²) in [5, 5.41) is 3.10. The molecule has 1 aromatic rings. The molecule has 2 atom stereocenters. The SMILES string of the molecule is C[C@]12CCC(=O)N1[C@@H](C(=O)OCC(=O)Nc1c(Cl)cccc1Cl)CS2. The van der Waals surface area contributed by atoms with Crippen molar-refractivity contribution in [1.29, 1.82) is 0 Å². The van der Waals surface area contributed by atoms with Gasteiger partial charge in [0.1, 0.15) is 6.04 Å². The van der Waals surface area contributed by atoms with Crippen LogP contribution in [0.4, 0.5) is 5.69 Å². The third-order valence-electron chi connectivity index (χ3n) is 4.29. The average Bonchev–Trinajstić information content (AvgIpc) is 3.05. The molecule has 2 aliphatic heterocycles. The Balaban J connectivity index is 1.58. The highest BCUT2D eigenvalue weighted by atomic mass is 35.5. The monoisotopic (exact) mass is 402 g/mol. The fourth-order valence-electron chi connectivity index (χ4n) is 3.02. The van der Waals surface area contributed by atoms with Gasteiger partial charge in [-0.2, -0.15) is 0 Å². The molecule has 3 rings (SSSR count). The summed E-state index contributed by atoms with van der Waals surface area (Å²) in [6.45, 7) is 1.47. The second-order valence-electron chi connectivity index (χ2n) is 6.02. The number of carbonyl (C=O) groups excluding carboxylic acids is 3. The van der Waals surface area contributed by atoms with Crippen molar-refractivity contribution >= 4 is 58.4 Å². The predicted molar refractivity (Wildman–Crippen MR) is 96.8 cm³/mol. The lowest BCUT2D eigenvalue weighted by Gasteiger charge is -2.29. The molecule has 0 spiro atoms. The predicted octanol–water partition coefficient (Wildman–Crippen LogP) is 2.93. The quantitative estimate of drug-likeness (QED) is 0.783. The van der Waals surface area contributed by atoms with E-state index in [-0.39, 0.29) is 26.5 Å². The first-order valence-electron chi connectivity index (χ1n) is 7.68. The number of halogens is 2. The molecule has 0 aromatic heterocycles. The molecule has 9 heteroatoms. The molecule has 0 bridgehead atoms. The number of hydrogen-bond acceptors (Lipinski definition) is 5. The highest BCUT2D eigenvalue weighted by Gasteiger charge is 2.53. The van der Waals surface area contributed by atoms with Gasteiger partial charge in [-0.15, -0.1) is 11.8 Å². The zero-order valence-corrected chi connectivity index (χ0v) is 15.7. The van der Waals surface area contributed by atoms with Gasteiger partial charge in [0.05, 0.1) is 20.6 Å². The number of hydrogen-bond donors (Lipinski definition) is 1. The molecule has 6 nitrogen and oxygen atoms in total. The Morgan fingerprint density at radius 2 is 2.08 bits per heavy atom. The van der Waals surface area contributed by atoms with Crippen LogP contribution in [0.25, 0.3) is 0 Å². The lowest BCUT2D eigenvalue weighted by atomic mass is 10.2. The van der Waals surface area contributed by atoms with Gasteiger partial charge in [0, 0.05) is 12.2 Å². The first kappa shape index (κ1) is 18.4. The van der Waals surface area contributed by atoms with E-state index < -0.39 is 24.5 Å². The molecule has 2 saturated heterocycles. The third-order valence-corrected chi connectivity index (χ3v) is 6.42. The molecule has 2 aliphatic rings. The molecule has 0 saturated carbocycles. The minimum Gasteiger partial charge on any atom is -0.454 e. The standard InChI is InChI=1S/C16H16Cl2N2O4S/c1-16-6-5-13(22)20(16)11(8-25-16)15(23)24-7-12(21)19-14-9(17)3-2-4-10(14)18/h2-4,11H,5-8H2,1H3,(H,19,21)/t11-,16+/m1/s1. The van der Waals surface area contributed by atoms with Gasteiger partial charge in [0.25, 0.3) is 5.91 Å². The van der Waals surface area contributed by atoms with Crippen molar-refractivity contribution in [2.75, 3.05) is 17.7 Å². The number of ether oxygens (including phenoxy) is 1. The van der Waals surface area contributed by atoms with E-state index in [1.165, 1.54) is 0 Å². The molecular formula is C16H16Cl2N2O4S. The van der Waals surface area contributed by atoms with Crippen molar-refractivity contribution in [1.82, 2.24) is 4.90 Å². The normalized spacial score (nSPS) is 25.0. The number of benzene rings is 1. The van der Waals surface area contributed by atoms with E-state index in [0.29, 0.717) is 18.6 Å². The van der Waals surface area contributed by atoms with E-state index in [2.05, 4.69) is 5.32 Å². The van der Waals surface area contributed by atoms with Gasteiger partial charge in [-0.3, -0.25) is 9.59 Å². The maximum absolute atomic E-state index is 12.3. The highest BCUT2D eigenvalue weighted by Crippen LogP contribution is 2.47. The molecule has 2 heterocycles. The van der Waals surface area contributed by atoms with Crippen LogP contribution in [0.15, 0.2) is 18.2 Å². The first-order chi connectivity index (χ1) is 11.8. The van der Waals surface area contributed by atoms with Crippen molar-refractivity contribution in [3.8, 4) is 0 Å². The number of carbonyl (C=O) groups is 3.